The van der Waals surface area contributed by atoms with Crippen molar-refractivity contribution < 1.29 is 24.5 Å². The van der Waals surface area contributed by atoms with E-state index < -0.39 is 18.2 Å². The Morgan fingerprint density at radius 2 is 0.846 bits per heavy atom. The summed E-state index contributed by atoms with van der Waals surface area (Å²) in [5.74, 6) is -0.530. The minimum atomic E-state index is -0.802. The van der Waals surface area contributed by atoms with E-state index in [9.17, 15) is 19.8 Å². The summed E-state index contributed by atoms with van der Waals surface area (Å²) < 4.78 is 5.92. The normalized spacial score (nSPS) is 13.7. The van der Waals surface area contributed by atoms with Gasteiger partial charge in [-0.15, -0.1) is 0 Å². The van der Waals surface area contributed by atoms with Crippen LogP contribution >= 0.6 is 0 Å². The number of nitrogens with one attached hydrogen (secondary N) is 1. The van der Waals surface area contributed by atoms with Crippen molar-refractivity contribution in [3.05, 3.63) is 72.9 Å². The van der Waals surface area contributed by atoms with Crippen LogP contribution < -0.4 is 5.32 Å². The molecule has 0 aliphatic carbocycles. The van der Waals surface area contributed by atoms with Crippen LogP contribution in [0.4, 0.5) is 0 Å². The van der Waals surface area contributed by atoms with Crippen LogP contribution in [0.1, 0.15) is 265 Å². The molecule has 376 valence electrons. The lowest BCUT2D eigenvalue weighted by molar-refractivity contribution is -0.151. The van der Waals surface area contributed by atoms with Crippen molar-refractivity contribution in [3.63, 3.8) is 0 Å². The van der Waals surface area contributed by atoms with Crippen LogP contribution in [0.2, 0.25) is 0 Å². The van der Waals surface area contributed by atoms with E-state index in [-0.39, 0.29) is 24.9 Å². The molecule has 0 heterocycles. The Bertz CT molecular complexity index is 1200. The van der Waals surface area contributed by atoms with Gasteiger partial charge in [0, 0.05) is 6.42 Å². The van der Waals surface area contributed by atoms with Gasteiger partial charge in [-0.1, -0.05) is 261 Å². The number of amides is 1. The fourth-order valence-electron chi connectivity index (χ4n) is 8.17. The van der Waals surface area contributed by atoms with Gasteiger partial charge in [-0.25, -0.2) is 0 Å². The SMILES string of the molecule is CCC/C=C/C=C/C=C/C=C/C=C/CCCCCCCC(=O)OC(CCC/C=C\CCCCCCCCC)CC(=O)NC(CO)C(O)CCCCCCCCCCCCCCCCCC. The molecule has 0 aromatic carbocycles. The van der Waals surface area contributed by atoms with Gasteiger partial charge < -0.3 is 20.3 Å². The van der Waals surface area contributed by atoms with Crippen LogP contribution in [0.15, 0.2) is 72.9 Å². The molecule has 0 saturated carbocycles. The molecular formula is C59H105NO5. The van der Waals surface area contributed by atoms with Gasteiger partial charge in [0.05, 0.1) is 25.2 Å². The molecule has 0 rings (SSSR count). The maximum absolute atomic E-state index is 13.2. The van der Waals surface area contributed by atoms with Crippen LogP contribution in [0.3, 0.4) is 0 Å². The van der Waals surface area contributed by atoms with E-state index in [1.54, 1.807) is 0 Å². The van der Waals surface area contributed by atoms with E-state index in [4.69, 9.17) is 4.74 Å². The number of aliphatic hydroxyl groups excluding tert-OH is 2. The first-order valence-corrected chi connectivity index (χ1v) is 27.7. The van der Waals surface area contributed by atoms with Crippen LogP contribution in [0.25, 0.3) is 0 Å². The van der Waals surface area contributed by atoms with E-state index in [1.165, 1.54) is 135 Å². The summed E-state index contributed by atoms with van der Waals surface area (Å²) in [6, 6.07) is -0.718. The van der Waals surface area contributed by atoms with Gasteiger partial charge in [0.15, 0.2) is 0 Å². The number of hydrogen-bond donors (Lipinski definition) is 3. The number of carbonyl (C=O) groups excluding carboxylic acids is 2. The zero-order chi connectivity index (χ0) is 47.4. The lowest BCUT2D eigenvalue weighted by atomic mass is 10.0. The monoisotopic (exact) mass is 908 g/mol. The van der Waals surface area contributed by atoms with Crippen molar-refractivity contribution >= 4 is 11.9 Å². The first kappa shape index (κ1) is 62.3. The van der Waals surface area contributed by atoms with Crippen molar-refractivity contribution in [1.29, 1.82) is 0 Å². The highest BCUT2D eigenvalue weighted by atomic mass is 16.5. The van der Waals surface area contributed by atoms with Crippen LogP contribution in [0.5, 0.6) is 0 Å². The third kappa shape index (κ3) is 47.6. The summed E-state index contributed by atoms with van der Waals surface area (Å²) >= 11 is 0. The summed E-state index contributed by atoms with van der Waals surface area (Å²) in [7, 11) is 0. The number of hydrogen-bond acceptors (Lipinski definition) is 5. The molecule has 0 aliphatic rings. The second kappa shape index (κ2) is 52.3. The highest BCUT2D eigenvalue weighted by Gasteiger charge is 2.24. The number of carbonyl (C=O) groups is 2. The average molecular weight is 908 g/mol. The number of rotatable bonds is 49. The molecule has 0 fully saturated rings. The van der Waals surface area contributed by atoms with Gasteiger partial charge in [0.1, 0.15) is 6.10 Å². The Morgan fingerprint density at radius 3 is 1.32 bits per heavy atom. The summed E-state index contributed by atoms with van der Waals surface area (Å²) in [6.07, 6.45) is 66.7. The molecule has 3 N–H and O–H groups in total. The van der Waals surface area contributed by atoms with Crippen LogP contribution in [0, 0.1) is 0 Å². The van der Waals surface area contributed by atoms with Crippen molar-refractivity contribution in [2.75, 3.05) is 6.61 Å². The molecule has 6 nitrogen and oxygen atoms in total. The number of allylic oxidation sites excluding steroid dienone is 12. The third-order valence-electron chi connectivity index (χ3n) is 12.4. The highest BCUT2D eigenvalue weighted by molar-refractivity contribution is 5.77. The molecule has 1 amide bonds. The Balaban J connectivity index is 4.59. The molecule has 0 bridgehead atoms. The van der Waals surface area contributed by atoms with Gasteiger partial charge in [-0.05, 0) is 64.2 Å². The molecule has 0 aromatic rings. The Morgan fingerprint density at radius 1 is 0.446 bits per heavy atom. The number of ether oxygens (including phenoxy) is 1. The number of unbranched alkanes of at least 4 members (excludes halogenated alkanes) is 29. The molecule has 3 atom stereocenters. The van der Waals surface area contributed by atoms with E-state index in [0.717, 1.165) is 83.5 Å². The maximum atomic E-state index is 13.2. The smallest absolute Gasteiger partial charge is 0.306 e. The number of esters is 1. The second-order valence-electron chi connectivity index (χ2n) is 18.8. The predicted octanol–water partition coefficient (Wildman–Crippen LogP) is 17.0. The summed E-state index contributed by atoms with van der Waals surface area (Å²) in [5, 5.41) is 23.8. The van der Waals surface area contributed by atoms with Crippen molar-refractivity contribution in [2.24, 2.45) is 0 Å². The summed E-state index contributed by atoms with van der Waals surface area (Å²) in [6.45, 7) is 6.39. The standard InChI is InChI=1S/C59H105NO5/c1-4-7-10-13-16-19-22-25-27-29-30-32-34-37-40-43-46-49-52-59(64)65-55(50-47-44-41-38-35-24-21-18-15-12-9-6-3)53-58(63)60-56(54-61)57(62)51-48-45-42-39-36-33-31-28-26-23-20-17-14-11-8-5-2/h10,13,16,19,22,25,27,29-30,32,38,41,55-57,61-62H,4-9,11-12,14-15,17-18,20-21,23-24,26,28,31,33-37,39-40,42-54H2,1-3H3,(H,60,63)/b13-10+,19-16+,25-22+,29-27+,32-30+,41-38-. The summed E-state index contributed by atoms with van der Waals surface area (Å²) in [5.41, 5.74) is 0. The topological polar surface area (TPSA) is 95.9 Å². The first-order chi connectivity index (χ1) is 32.0. The quantitative estimate of drug-likeness (QED) is 0.0245. The maximum Gasteiger partial charge on any atom is 0.306 e. The predicted molar refractivity (Wildman–Crippen MR) is 282 cm³/mol. The first-order valence-electron chi connectivity index (χ1n) is 27.7. The molecule has 0 aromatic heterocycles. The molecule has 0 spiro atoms. The van der Waals surface area contributed by atoms with Crippen molar-refractivity contribution in [3.8, 4) is 0 Å². The molecule has 0 saturated heterocycles. The van der Waals surface area contributed by atoms with Crippen LogP contribution in [-0.4, -0.2) is 46.9 Å². The van der Waals surface area contributed by atoms with Gasteiger partial charge in [0.25, 0.3) is 0 Å². The summed E-state index contributed by atoms with van der Waals surface area (Å²) in [4.78, 5) is 26.2. The largest absolute Gasteiger partial charge is 0.462 e. The van der Waals surface area contributed by atoms with E-state index >= 15 is 0 Å². The molecular weight excluding hydrogens is 803 g/mol. The van der Waals surface area contributed by atoms with Gasteiger partial charge in [-0.3, -0.25) is 9.59 Å². The lowest BCUT2D eigenvalue weighted by Gasteiger charge is -2.24. The highest BCUT2D eigenvalue weighted by Crippen LogP contribution is 2.17. The Labute approximate surface area is 402 Å². The lowest BCUT2D eigenvalue weighted by Crippen LogP contribution is -2.46. The fourth-order valence-corrected chi connectivity index (χ4v) is 8.17. The zero-order valence-electron chi connectivity index (χ0n) is 42.9. The van der Waals surface area contributed by atoms with E-state index in [1.807, 2.05) is 24.3 Å². The van der Waals surface area contributed by atoms with Gasteiger partial charge in [0.2, 0.25) is 5.91 Å². The Hall–Kier alpha value is -2.70. The van der Waals surface area contributed by atoms with Gasteiger partial charge >= 0.3 is 5.97 Å². The second-order valence-corrected chi connectivity index (χ2v) is 18.8. The van der Waals surface area contributed by atoms with E-state index in [2.05, 4.69) is 74.7 Å². The number of aliphatic hydroxyl groups is 2. The molecule has 0 aliphatic heterocycles. The van der Waals surface area contributed by atoms with Gasteiger partial charge in [-0.2, -0.15) is 0 Å². The molecule has 0 radical (unpaired) electrons. The van der Waals surface area contributed by atoms with E-state index in [0.29, 0.717) is 19.3 Å². The fraction of sp³-hybridized carbons (Fsp3) is 0.763. The zero-order valence-corrected chi connectivity index (χ0v) is 42.9. The van der Waals surface area contributed by atoms with Crippen molar-refractivity contribution in [1.82, 2.24) is 5.32 Å². The average Bonchev–Trinajstić information content (AvgIpc) is 3.30. The molecule has 6 heteroatoms. The minimum Gasteiger partial charge on any atom is -0.462 e. The molecule has 65 heavy (non-hydrogen) atoms. The minimum absolute atomic E-state index is 0.0442. The third-order valence-corrected chi connectivity index (χ3v) is 12.4. The Kier molecular flexibility index (Phi) is 50.1. The van der Waals surface area contributed by atoms with Crippen LogP contribution in [-0.2, 0) is 14.3 Å². The van der Waals surface area contributed by atoms with Crippen molar-refractivity contribution in [2.45, 2.75) is 283 Å². The molecule has 3 unspecified atom stereocenters.